The molecule has 174 valence electrons. The molecular formula is C24H28N4O4S. The molecule has 4 N–H and O–H groups in total. The maximum Gasteiger partial charge on any atom is 0.319 e. The number of carbonyl (C=O) groups excluding carboxylic acids is 2. The van der Waals surface area contributed by atoms with Gasteiger partial charge in [0.15, 0.2) is 0 Å². The van der Waals surface area contributed by atoms with Crippen LogP contribution in [-0.2, 0) is 11.3 Å². The van der Waals surface area contributed by atoms with E-state index in [9.17, 15) is 9.59 Å². The second kappa shape index (κ2) is 11.4. The number of amides is 3. The van der Waals surface area contributed by atoms with Gasteiger partial charge in [-0.2, -0.15) is 0 Å². The SMILES string of the molecule is CCC(CC)NC(=O)Nc1ccc(Oc2csc(-c3cccc(C(N)=O)c3)n2)c(COC)c1. The van der Waals surface area contributed by atoms with Gasteiger partial charge in [0.2, 0.25) is 11.8 Å². The van der Waals surface area contributed by atoms with Crippen LogP contribution in [0.15, 0.2) is 47.8 Å². The average Bonchev–Trinajstić information content (AvgIpc) is 3.28. The molecule has 0 radical (unpaired) electrons. The lowest BCUT2D eigenvalue weighted by Gasteiger charge is -2.16. The summed E-state index contributed by atoms with van der Waals surface area (Å²) in [6, 6.07) is 12.2. The fourth-order valence-corrected chi connectivity index (χ4v) is 3.95. The summed E-state index contributed by atoms with van der Waals surface area (Å²) in [5.74, 6) is 0.505. The van der Waals surface area contributed by atoms with Gasteiger partial charge in [0.25, 0.3) is 0 Å². The summed E-state index contributed by atoms with van der Waals surface area (Å²) < 4.78 is 11.3. The number of urea groups is 1. The average molecular weight is 469 g/mol. The number of thiazole rings is 1. The van der Waals surface area contributed by atoms with Gasteiger partial charge in [-0.3, -0.25) is 4.79 Å². The molecule has 0 bridgehead atoms. The van der Waals surface area contributed by atoms with Gasteiger partial charge in [-0.25, -0.2) is 9.78 Å². The number of aromatic nitrogens is 1. The van der Waals surface area contributed by atoms with E-state index in [4.69, 9.17) is 15.2 Å². The van der Waals surface area contributed by atoms with Crippen LogP contribution in [0.4, 0.5) is 10.5 Å². The van der Waals surface area contributed by atoms with Crippen LogP contribution in [0.5, 0.6) is 11.6 Å². The molecule has 0 aliphatic rings. The molecule has 3 amide bonds. The fraction of sp³-hybridized carbons (Fsp3) is 0.292. The summed E-state index contributed by atoms with van der Waals surface area (Å²) in [7, 11) is 1.59. The molecule has 0 spiro atoms. The van der Waals surface area contributed by atoms with Crippen molar-refractivity contribution >= 4 is 29.0 Å². The normalized spacial score (nSPS) is 10.8. The molecule has 0 saturated carbocycles. The first kappa shape index (κ1) is 24.2. The Morgan fingerprint density at radius 3 is 2.64 bits per heavy atom. The van der Waals surface area contributed by atoms with Crippen molar-refractivity contribution in [1.29, 1.82) is 0 Å². The van der Waals surface area contributed by atoms with Crippen LogP contribution in [0.1, 0.15) is 42.6 Å². The Hall–Kier alpha value is -3.43. The van der Waals surface area contributed by atoms with E-state index >= 15 is 0 Å². The second-order valence-corrected chi connectivity index (χ2v) is 8.26. The van der Waals surface area contributed by atoms with Crippen LogP contribution in [0.2, 0.25) is 0 Å². The zero-order chi connectivity index (χ0) is 23.8. The second-order valence-electron chi connectivity index (χ2n) is 7.41. The predicted octanol–water partition coefficient (Wildman–Crippen LogP) is 5.16. The molecule has 0 saturated heterocycles. The maximum absolute atomic E-state index is 12.3. The third kappa shape index (κ3) is 6.53. The van der Waals surface area contributed by atoms with E-state index in [0.29, 0.717) is 34.5 Å². The van der Waals surface area contributed by atoms with E-state index in [0.717, 1.165) is 24.0 Å². The van der Waals surface area contributed by atoms with Gasteiger partial charge in [-0.05, 0) is 43.2 Å². The third-order valence-electron chi connectivity index (χ3n) is 5.03. The number of hydrogen-bond donors (Lipinski definition) is 3. The summed E-state index contributed by atoms with van der Waals surface area (Å²) in [6.07, 6.45) is 1.74. The Morgan fingerprint density at radius 2 is 1.94 bits per heavy atom. The van der Waals surface area contributed by atoms with Gasteiger partial charge in [0, 0.05) is 35.5 Å². The number of benzene rings is 2. The number of anilines is 1. The summed E-state index contributed by atoms with van der Waals surface area (Å²) in [4.78, 5) is 28.2. The summed E-state index contributed by atoms with van der Waals surface area (Å²) in [5, 5.41) is 8.30. The largest absolute Gasteiger partial charge is 0.438 e. The van der Waals surface area contributed by atoms with Gasteiger partial charge in [-0.15, -0.1) is 11.3 Å². The molecule has 8 nitrogen and oxygen atoms in total. The number of ether oxygens (including phenoxy) is 2. The van der Waals surface area contributed by atoms with Crippen molar-refractivity contribution in [1.82, 2.24) is 10.3 Å². The number of primary amides is 1. The first-order chi connectivity index (χ1) is 15.9. The molecule has 9 heteroatoms. The molecule has 0 atom stereocenters. The first-order valence-corrected chi connectivity index (χ1v) is 11.5. The highest BCUT2D eigenvalue weighted by molar-refractivity contribution is 7.13. The number of nitrogens with two attached hydrogens (primary N) is 1. The van der Waals surface area contributed by atoms with E-state index in [1.807, 2.05) is 26.0 Å². The lowest BCUT2D eigenvalue weighted by Crippen LogP contribution is -2.37. The third-order valence-corrected chi connectivity index (χ3v) is 5.90. The molecular weight excluding hydrogens is 440 g/mol. The zero-order valence-electron chi connectivity index (χ0n) is 18.9. The molecule has 0 aliphatic carbocycles. The summed E-state index contributed by atoms with van der Waals surface area (Å²) >= 11 is 1.40. The van der Waals surface area contributed by atoms with Crippen LogP contribution >= 0.6 is 11.3 Å². The Balaban J connectivity index is 1.75. The van der Waals surface area contributed by atoms with Gasteiger partial charge in [0.05, 0.1) is 12.0 Å². The predicted molar refractivity (Wildman–Crippen MR) is 130 cm³/mol. The monoisotopic (exact) mass is 468 g/mol. The maximum atomic E-state index is 12.3. The Kier molecular flexibility index (Phi) is 8.39. The van der Waals surface area contributed by atoms with Gasteiger partial charge in [0.1, 0.15) is 10.8 Å². The van der Waals surface area contributed by atoms with Crippen LogP contribution < -0.4 is 21.1 Å². The van der Waals surface area contributed by atoms with Crippen molar-refractivity contribution in [2.75, 3.05) is 12.4 Å². The molecule has 0 aliphatic heterocycles. The van der Waals surface area contributed by atoms with Crippen molar-refractivity contribution in [3.05, 3.63) is 59.0 Å². The number of methoxy groups -OCH3 is 1. The molecule has 3 aromatic rings. The zero-order valence-corrected chi connectivity index (χ0v) is 19.7. The van der Waals surface area contributed by atoms with Gasteiger partial charge in [-0.1, -0.05) is 26.0 Å². The lowest BCUT2D eigenvalue weighted by atomic mass is 10.1. The highest BCUT2D eigenvalue weighted by Crippen LogP contribution is 2.32. The molecule has 33 heavy (non-hydrogen) atoms. The first-order valence-electron chi connectivity index (χ1n) is 10.7. The molecule has 1 heterocycles. The quantitative estimate of drug-likeness (QED) is 0.380. The van der Waals surface area contributed by atoms with Crippen molar-refractivity contribution in [2.24, 2.45) is 5.73 Å². The summed E-state index contributed by atoms with van der Waals surface area (Å²) in [5.41, 5.74) is 7.98. The number of carbonyl (C=O) groups is 2. The van der Waals surface area contributed by atoms with E-state index in [2.05, 4.69) is 15.6 Å². The minimum absolute atomic E-state index is 0.133. The minimum Gasteiger partial charge on any atom is -0.438 e. The number of rotatable bonds is 10. The van der Waals surface area contributed by atoms with E-state index in [-0.39, 0.29) is 12.1 Å². The van der Waals surface area contributed by atoms with Crippen molar-refractivity contribution in [3.63, 3.8) is 0 Å². The lowest BCUT2D eigenvalue weighted by molar-refractivity contribution is 0.100. The Labute approximate surface area is 197 Å². The van der Waals surface area contributed by atoms with Crippen LogP contribution in [0, 0.1) is 0 Å². The summed E-state index contributed by atoms with van der Waals surface area (Å²) in [6.45, 7) is 4.38. The topological polar surface area (TPSA) is 116 Å². The van der Waals surface area contributed by atoms with Crippen LogP contribution in [0.3, 0.4) is 0 Å². The highest BCUT2D eigenvalue weighted by Gasteiger charge is 2.13. The fourth-order valence-electron chi connectivity index (χ4n) is 3.23. The Morgan fingerprint density at radius 1 is 1.15 bits per heavy atom. The van der Waals surface area contributed by atoms with Crippen LogP contribution in [-0.4, -0.2) is 30.1 Å². The molecule has 3 rings (SSSR count). The van der Waals surface area contributed by atoms with Crippen molar-refractivity contribution in [2.45, 2.75) is 39.3 Å². The Bertz CT molecular complexity index is 1110. The molecule has 0 fully saturated rings. The van der Waals surface area contributed by atoms with Gasteiger partial charge >= 0.3 is 6.03 Å². The van der Waals surface area contributed by atoms with Crippen LogP contribution in [0.25, 0.3) is 10.6 Å². The van der Waals surface area contributed by atoms with E-state index in [1.165, 1.54) is 11.3 Å². The van der Waals surface area contributed by atoms with Crippen molar-refractivity contribution < 1.29 is 19.1 Å². The molecule has 1 aromatic heterocycles. The minimum atomic E-state index is -0.489. The number of nitrogens with zero attached hydrogens (tertiary/aromatic N) is 1. The van der Waals surface area contributed by atoms with E-state index < -0.39 is 5.91 Å². The molecule has 0 unspecified atom stereocenters. The molecule has 2 aromatic carbocycles. The van der Waals surface area contributed by atoms with Gasteiger partial charge < -0.3 is 25.8 Å². The number of nitrogens with one attached hydrogen (secondary N) is 2. The van der Waals surface area contributed by atoms with Crippen molar-refractivity contribution in [3.8, 4) is 22.2 Å². The highest BCUT2D eigenvalue weighted by atomic mass is 32.1. The smallest absolute Gasteiger partial charge is 0.319 e. The van der Waals surface area contributed by atoms with E-state index in [1.54, 1.807) is 42.8 Å². The standard InChI is InChI=1S/C24H28N4O4S/c1-4-18(5-2)26-24(30)27-19-9-10-20(17(12-19)13-31-3)32-21-14-33-23(28-21)16-8-6-7-15(11-16)22(25)29/h6-12,14,18H,4-5,13H2,1-3H3,(H2,25,29)(H2,26,27,30). The number of hydrogen-bond acceptors (Lipinski definition) is 6.